The van der Waals surface area contributed by atoms with E-state index in [0.29, 0.717) is 18.4 Å². The molecule has 2 aromatic rings. The fourth-order valence-electron chi connectivity index (χ4n) is 3.75. The van der Waals surface area contributed by atoms with Crippen LogP contribution in [0.15, 0.2) is 54.6 Å². The van der Waals surface area contributed by atoms with Crippen LogP contribution in [0, 0.1) is 11.2 Å². The summed E-state index contributed by atoms with van der Waals surface area (Å²) >= 11 is 0. The van der Waals surface area contributed by atoms with Crippen LogP contribution in [0.3, 0.4) is 0 Å². The van der Waals surface area contributed by atoms with Gasteiger partial charge in [0.2, 0.25) is 0 Å². The van der Waals surface area contributed by atoms with Crippen molar-refractivity contribution in [2.45, 2.75) is 45.4 Å². The number of hydrogen-bond donors (Lipinski definition) is 1. The molecule has 6 heteroatoms. The Morgan fingerprint density at radius 1 is 1.14 bits per heavy atom. The Morgan fingerprint density at radius 2 is 1.86 bits per heavy atom. The van der Waals surface area contributed by atoms with E-state index >= 15 is 0 Å². The van der Waals surface area contributed by atoms with E-state index < -0.39 is 35.4 Å². The second-order valence-corrected chi connectivity index (χ2v) is 7.64. The molecular formula is C22H24FNO4. The van der Waals surface area contributed by atoms with Crippen LogP contribution in [0.1, 0.15) is 43.9 Å². The van der Waals surface area contributed by atoms with Gasteiger partial charge < -0.3 is 9.84 Å². The number of carbonyl (C=O) groups is 2. The maximum absolute atomic E-state index is 13.7. The molecule has 1 N–H and O–H groups in total. The molecule has 0 unspecified atom stereocenters. The molecule has 2 atom stereocenters. The van der Waals surface area contributed by atoms with Gasteiger partial charge >= 0.3 is 12.1 Å². The van der Waals surface area contributed by atoms with E-state index in [4.69, 9.17) is 4.74 Å². The van der Waals surface area contributed by atoms with Gasteiger partial charge in [-0.3, -0.25) is 9.69 Å². The van der Waals surface area contributed by atoms with Gasteiger partial charge in [0.1, 0.15) is 12.4 Å². The Kier molecular flexibility index (Phi) is 5.68. The van der Waals surface area contributed by atoms with Crippen molar-refractivity contribution < 1.29 is 23.8 Å². The second-order valence-electron chi connectivity index (χ2n) is 7.64. The van der Waals surface area contributed by atoms with Gasteiger partial charge in [0.05, 0.1) is 17.5 Å². The molecule has 1 saturated heterocycles. The fraction of sp³-hybridized carbons (Fsp3) is 0.364. The van der Waals surface area contributed by atoms with E-state index in [1.54, 1.807) is 26.0 Å². The van der Waals surface area contributed by atoms with E-state index in [-0.39, 0.29) is 6.61 Å². The number of halogens is 1. The number of benzene rings is 2. The van der Waals surface area contributed by atoms with E-state index in [0.717, 1.165) is 5.56 Å². The maximum Gasteiger partial charge on any atom is 0.410 e. The first-order valence-corrected chi connectivity index (χ1v) is 9.28. The highest BCUT2D eigenvalue weighted by Crippen LogP contribution is 2.44. The first-order chi connectivity index (χ1) is 13.3. The summed E-state index contributed by atoms with van der Waals surface area (Å²) in [5.41, 5.74) is 0.320. The van der Waals surface area contributed by atoms with E-state index in [1.807, 2.05) is 30.3 Å². The number of amides is 1. The van der Waals surface area contributed by atoms with Crippen LogP contribution in [0.2, 0.25) is 0 Å². The smallest absolute Gasteiger partial charge is 0.410 e. The van der Waals surface area contributed by atoms with Crippen LogP contribution in [0.4, 0.5) is 9.18 Å². The minimum Gasteiger partial charge on any atom is -0.481 e. The highest BCUT2D eigenvalue weighted by atomic mass is 19.1. The molecule has 1 heterocycles. The van der Waals surface area contributed by atoms with E-state index in [2.05, 4.69) is 0 Å². The molecule has 0 saturated carbocycles. The summed E-state index contributed by atoms with van der Waals surface area (Å²) in [6, 6.07) is 14.4. The Labute approximate surface area is 163 Å². The number of ether oxygens (including phenoxy) is 1. The van der Waals surface area contributed by atoms with Gasteiger partial charge in [0.15, 0.2) is 0 Å². The molecule has 1 amide bonds. The molecular weight excluding hydrogens is 361 g/mol. The van der Waals surface area contributed by atoms with Gasteiger partial charge in [-0.05, 0) is 49.9 Å². The Hall–Kier alpha value is -2.89. The largest absolute Gasteiger partial charge is 0.481 e. The third kappa shape index (κ3) is 4.01. The number of rotatable bonds is 5. The molecule has 3 rings (SSSR count). The van der Waals surface area contributed by atoms with Crippen LogP contribution in [-0.4, -0.2) is 28.1 Å². The number of aliphatic carboxylic acids is 1. The van der Waals surface area contributed by atoms with Gasteiger partial charge in [-0.1, -0.05) is 42.5 Å². The zero-order chi connectivity index (χ0) is 20.3. The Bertz CT molecular complexity index is 853. The third-order valence-electron chi connectivity index (χ3n) is 5.42. The second kappa shape index (κ2) is 8.00. The summed E-state index contributed by atoms with van der Waals surface area (Å²) in [5, 5.41) is 9.67. The number of carbonyl (C=O) groups excluding carboxylic acids is 1. The third-order valence-corrected chi connectivity index (χ3v) is 5.42. The van der Waals surface area contributed by atoms with Crippen molar-refractivity contribution in [2.75, 3.05) is 0 Å². The number of likely N-dealkylation sites (tertiary alicyclic amines) is 1. The molecule has 0 radical (unpaired) electrons. The van der Waals surface area contributed by atoms with Crippen molar-refractivity contribution in [3.8, 4) is 0 Å². The summed E-state index contributed by atoms with van der Waals surface area (Å²) in [7, 11) is 0. The van der Waals surface area contributed by atoms with Crippen molar-refractivity contribution in [3.05, 3.63) is 71.5 Å². The lowest BCUT2D eigenvalue weighted by atomic mass is 9.83. The Balaban J connectivity index is 1.88. The van der Waals surface area contributed by atoms with Gasteiger partial charge in [0.25, 0.3) is 0 Å². The monoisotopic (exact) mass is 385 g/mol. The molecule has 1 aliphatic heterocycles. The molecule has 0 bridgehead atoms. The van der Waals surface area contributed by atoms with Crippen molar-refractivity contribution in [2.24, 2.45) is 5.41 Å². The van der Waals surface area contributed by atoms with E-state index in [9.17, 15) is 19.1 Å². The zero-order valence-corrected chi connectivity index (χ0v) is 16.0. The minimum atomic E-state index is -1.16. The van der Waals surface area contributed by atoms with E-state index in [1.165, 1.54) is 17.0 Å². The summed E-state index contributed by atoms with van der Waals surface area (Å²) < 4.78 is 19.2. The standard InChI is InChI=1S/C22H24FNO4/c1-22(2,20(25)26)19-12-11-18(16-9-6-10-17(23)13-16)24(19)21(27)28-14-15-7-4-3-5-8-15/h3-10,13,18-19H,11-12,14H2,1-2H3,(H,25,26)/t18-,19+/m0/s1. The fourth-order valence-corrected chi connectivity index (χ4v) is 3.75. The van der Waals surface area contributed by atoms with Gasteiger partial charge in [-0.15, -0.1) is 0 Å². The summed E-state index contributed by atoms with van der Waals surface area (Å²) in [6.07, 6.45) is 0.460. The zero-order valence-electron chi connectivity index (χ0n) is 16.0. The average Bonchev–Trinajstić information content (AvgIpc) is 3.13. The quantitative estimate of drug-likeness (QED) is 0.804. The molecule has 1 fully saturated rings. The highest BCUT2D eigenvalue weighted by molar-refractivity contribution is 5.77. The maximum atomic E-state index is 13.7. The predicted molar refractivity (Wildman–Crippen MR) is 102 cm³/mol. The van der Waals surface area contributed by atoms with Crippen molar-refractivity contribution in [3.63, 3.8) is 0 Å². The van der Waals surface area contributed by atoms with Crippen LogP contribution in [-0.2, 0) is 16.1 Å². The molecule has 0 spiro atoms. The van der Waals surface area contributed by atoms with Crippen molar-refractivity contribution in [1.29, 1.82) is 0 Å². The number of carboxylic acid groups (broad SMARTS) is 1. The molecule has 0 aliphatic carbocycles. The Morgan fingerprint density at radius 3 is 2.50 bits per heavy atom. The van der Waals surface area contributed by atoms with Crippen molar-refractivity contribution in [1.82, 2.24) is 4.90 Å². The van der Waals surface area contributed by atoms with Crippen LogP contribution in [0.25, 0.3) is 0 Å². The molecule has 0 aromatic heterocycles. The lowest BCUT2D eigenvalue weighted by molar-refractivity contribution is -0.150. The van der Waals surface area contributed by atoms with Gasteiger partial charge in [0, 0.05) is 0 Å². The molecule has 2 aromatic carbocycles. The molecule has 1 aliphatic rings. The predicted octanol–water partition coefficient (Wildman–Crippen LogP) is 4.78. The number of hydrogen-bond acceptors (Lipinski definition) is 3. The number of nitrogens with zero attached hydrogens (tertiary/aromatic N) is 1. The first kappa shape index (κ1) is 19.9. The molecule has 5 nitrogen and oxygen atoms in total. The number of carboxylic acids is 1. The summed E-state index contributed by atoms with van der Waals surface area (Å²) in [6.45, 7) is 3.29. The lowest BCUT2D eigenvalue weighted by Crippen LogP contribution is -2.48. The van der Waals surface area contributed by atoms with Crippen LogP contribution >= 0.6 is 0 Å². The molecule has 28 heavy (non-hydrogen) atoms. The van der Waals surface area contributed by atoms with Crippen LogP contribution in [0.5, 0.6) is 0 Å². The lowest BCUT2D eigenvalue weighted by Gasteiger charge is -2.36. The first-order valence-electron chi connectivity index (χ1n) is 9.28. The normalized spacial score (nSPS) is 19.5. The minimum absolute atomic E-state index is 0.0895. The average molecular weight is 385 g/mol. The topological polar surface area (TPSA) is 66.8 Å². The van der Waals surface area contributed by atoms with Crippen molar-refractivity contribution >= 4 is 12.1 Å². The van der Waals surface area contributed by atoms with Gasteiger partial charge in [-0.2, -0.15) is 0 Å². The highest BCUT2D eigenvalue weighted by Gasteiger charge is 2.49. The SMILES string of the molecule is CC(C)(C(=O)O)[C@H]1CC[C@@H](c2cccc(F)c2)N1C(=O)OCc1ccccc1. The molecule has 148 valence electrons. The van der Waals surface area contributed by atoms with Crippen LogP contribution < -0.4 is 0 Å². The summed E-state index contributed by atoms with van der Waals surface area (Å²) in [5.74, 6) is -1.38. The van der Waals surface area contributed by atoms with Gasteiger partial charge in [-0.25, -0.2) is 9.18 Å². The summed E-state index contributed by atoms with van der Waals surface area (Å²) in [4.78, 5) is 26.3.